The number of aliphatic hydroxyl groups is 1. The Morgan fingerprint density at radius 1 is 1.00 bits per heavy atom. The summed E-state index contributed by atoms with van der Waals surface area (Å²) in [6, 6.07) is 14.9. The fourth-order valence-electron chi connectivity index (χ4n) is 4.21. The molecule has 33 heavy (non-hydrogen) atoms. The molecule has 0 heterocycles. The largest absolute Gasteiger partial charge is 0.480 e. The van der Waals surface area contributed by atoms with Crippen LogP contribution >= 0.6 is 0 Å². The zero-order valence-corrected chi connectivity index (χ0v) is 18.6. The molecule has 8 nitrogen and oxygen atoms in total. The standard InChI is InChI=1S/C25H30N2O6/c1-2-7-16(23(29)27-22(12-13-28)24(30)31)14-26-25(32)33-15-21-19-10-5-3-8-17(19)18-9-4-6-11-20(18)21/h3-6,8-11,16,21-22,28H,2,7,12-15H2,1H3,(H,26,32)(H,27,29)(H,30,31)/t16?,22-/m0/s1. The van der Waals surface area contributed by atoms with Crippen molar-refractivity contribution in [3.05, 3.63) is 59.7 Å². The molecule has 0 bridgehead atoms. The van der Waals surface area contributed by atoms with E-state index in [1.807, 2.05) is 43.3 Å². The second kappa shape index (κ2) is 11.5. The highest BCUT2D eigenvalue weighted by atomic mass is 16.5. The molecule has 0 spiro atoms. The second-order valence-corrected chi connectivity index (χ2v) is 8.10. The van der Waals surface area contributed by atoms with Crippen molar-refractivity contribution in [2.75, 3.05) is 19.8 Å². The molecule has 0 radical (unpaired) electrons. The van der Waals surface area contributed by atoms with Gasteiger partial charge in [0.25, 0.3) is 0 Å². The topological polar surface area (TPSA) is 125 Å². The van der Waals surface area contributed by atoms with Gasteiger partial charge in [-0.1, -0.05) is 61.9 Å². The van der Waals surface area contributed by atoms with E-state index in [9.17, 15) is 19.5 Å². The average Bonchev–Trinajstić information content (AvgIpc) is 3.13. The van der Waals surface area contributed by atoms with Crippen molar-refractivity contribution >= 4 is 18.0 Å². The zero-order chi connectivity index (χ0) is 23.8. The zero-order valence-electron chi connectivity index (χ0n) is 18.6. The van der Waals surface area contributed by atoms with Crippen LogP contribution in [0.2, 0.25) is 0 Å². The molecular weight excluding hydrogens is 424 g/mol. The number of rotatable bonds is 11. The molecule has 2 aromatic rings. The van der Waals surface area contributed by atoms with E-state index in [-0.39, 0.29) is 32.1 Å². The molecule has 176 valence electrons. The molecular formula is C25H30N2O6. The lowest BCUT2D eigenvalue weighted by atomic mass is 9.98. The summed E-state index contributed by atoms with van der Waals surface area (Å²) in [6.45, 7) is 1.74. The minimum absolute atomic E-state index is 0.0296. The van der Waals surface area contributed by atoms with Crippen LogP contribution in [-0.4, -0.2) is 54.0 Å². The number of hydrogen-bond acceptors (Lipinski definition) is 5. The first-order chi connectivity index (χ1) is 16.0. The van der Waals surface area contributed by atoms with Gasteiger partial charge in [-0.2, -0.15) is 0 Å². The van der Waals surface area contributed by atoms with Crippen LogP contribution in [0.4, 0.5) is 4.79 Å². The summed E-state index contributed by atoms with van der Waals surface area (Å²) >= 11 is 0. The predicted molar refractivity (Wildman–Crippen MR) is 123 cm³/mol. The average molecular weight is 455 g/mol. The van der Waals surface area contributed by atoms with Crippen molar-refractivity contribution < 1.29 is 29.3 Å². The van der Waals surface area contributed by atoms with Crippen LogP contribution in [0.1, 0.15) is 43.2 Å². The van der Waals surface area contributed by atoms with Crippen molar-refractivity contribution in [1.29, 1.82) is 0 Å². The SMILES string of the molecule is CCCC(CNC(=O)OCC1c2ccccc2-c2ccccc21)C(=O)N[C@@H](CCO)C(=O)O. The van der Waals surface area contributed by atoms with Crippen LogP contribution in [0.25, 0.3) is 11.1 Å². The summed E-state index contributed by atoms with van der Waals surface area (Å²) in [7, 11) is 0. The first-order valence-electron chi connectivity index (χ1n) is 11.2. The van der Waals surface area contributed by atoms with Crippen LogP contribution in [0.5, 0.6) is 0 Å². The Labute approximate surface area is 193 Å². The van der Waals surface area contributed by atoms with Gasteiger partial charge in [0.15, 0.2) is 0 Å². The highest BCUT2D eigenvalue weighted by molar-refractivity contribution is 5.85. The van der Waals surface area contributed by atoms with Gasteiger partial charge in [-0.15, -0.1) is 0 Å². The van der Waals surface area contributed by atoms with Gasteiger partial charge in [-0.3, -0.25) is 4.79 Å². The summed E-state index contributed by atoms with van der Waals surface area (Å²) in [6.07, 6.45) is 0.444. The van der Waals surface area contributed by atoms with Crippen LogP contribution in [0.15, 0.2) is 48.5 Å². The first-order valence-corrected chi connectivity index (χ1v) is 11.2. The van der Waals surface area contributed by atoms with Crippen LogP contribution in [0.3, 0.4) is 0 Å². The lowest BCUT2D eigenvalue weighted by Crippen LogP contribution is -2.46. The minimum Gasteiger partial charge on any atom is -0.480 e. The van der Waals surface area contributed by atoms with E-state index in [0.717, 1.165) is 22.3 Å². The van der Waals surface area contributed by atoms with Gasteiger partial charge in [0.05, 0.1) is 5.92 Å². The number of nitrogens with one attached hydrogen (secondary N) is 2. The Hall–Kier alpha value is -3.39. The Kier molecular flexibility index (Phi) is 8.43. The van der Waals surface area contributed by atoms with Crippen molar-refractivity contribution in [2.45, 2.75) is 38.1 Å². The molecule has 0 aliphatic heterocycles. The van der Waals surface area contributed by atoms with Gasteiger partial charge in [0.1, 0.15) is 12.6 Å². The van der Waals surface area contributed by atoms with Gasteiger partial charge in [0, 0.05) is 25.5 Å². The second-order valence-electron chi connectivity index (χ2n) is 8.10. The quantitative estimate of drug-likeness (QED) is 0.414. The van der Waals surface area contributed by atoms with E-state index in [1.165, 1.54) is 0 Å². The van der Waals surface area contributed by atoms with Gasteiger partial charge < -0.3 is 25.6 Å². The summed E-state index contributed by atoms with van der Waals surface area (Å²) in [5, 5.41) is 23.3. The Balaban J connectivity index is 1.57. The van der Waals surface area contributed by atoms with E-state index in [0.29, 0.717) is 12.8 Å². The minimum atomic E-state index is -1.21. The number of ether oxygens (including phenoxy) is 1. The maximum atomic E-state index is 12.5. The maximum Gasteiger partial charge on any atom is 0.407 e. The molecule has 2 atom stereocenters. The molecule has 8 heteroatoms. The highest BCUT2D eigenvalue weighted by Gasteiger charge is 2.29. The number of aliphatic hydroxyl groups excluding tert-OH is 1. The van der Waals surface area contributed by atoms with Gasteiger partial charge >= 0.3 is 12.1 Å². The number of benzene rings is 2. The van der Waals surface area contributed by atoms with Crippen molar-refractivity contribution in [2.24, 2.45) is 5.92 Å². The van der Waals surface area contributed by atoms with Crippen molar-refractivity contribution in [1.82, 2.24) is 10.6 Å². The molecule has 0 fully saturated rings. The molecule has 2 aromatic carbocycles. The number of carboxylic acid groups (broad SMARTS) is 1. The fraction of sp³-hybridized carbons (Fsp3) is 0.400. The van der Waals surface area contributed by atoms with Crippen LogP contribution < -0.4 is 10.6 Å². The summed E-state index contributed by atoms with van der Waals surface area (Å²) in [4.78, 5) is 36.2. The summed E-state index contributed by atoms with van der Waals surface area (Å²) in [5.41, 5.74) is 4.49. The number of aliphatic carboxylic acids is 1. The summed E-state index contributed by atoms with van der Waals surface area (Å²) < 4.78 is 5.50. The molecule has 1 aliphatic carbocycles. The number of alkyl carbamates (subject to hydrolysis) is 1. The van der Waals surface area contributed by atoms with Crippen LogP contribution in [-0.2, 0) is 14.3 Å². The lowest BCUT2D eigenvalue weighted by molar-refractivity contribution is -0.143. The lowest BCUT2D eigenvalue weighted by Gasteiger charge is -2.20. The third-order valence-electron chi connectivity index (χ3n) is 5.88. The Bertz CT molecular complexity index is 947. The molecule has 0 saturated carbocycles. The smallest absolute Gasteiger partial charge is 0.407 e. The first kappa shape index (κ1) is 24.3. The fourth-order valence-corrected chi connectivity index (χ4v) is 4.21. The van der Waals surface area contributed by atoms with Crippen LogP contribution in [0, 0.1) is 5.92 Å². The molecule has 4 N–H and O–H groups in total. The molecule has 0 saturated heterocycles. The number of amides is 2. The predicted octanol–water partition coefficient (Wildman–Crippen LogP) is 2.89. The number of carbonyl (C=O) groups is 3. The van der Waals surface area contributed by atoms with E-state index >= 15 is 0 Å². The van der Waals surface area contributed by atoms with Gasteiger partial charge in [-0.25, -0.2) is 9.59 Å². The van der Waals surface area contributed by atoms with Crippen molar-refractivity contribution in [3.8, 4) is 11.1 Å². The highest BCUT2D eigenvalue weighted by Crippen LogP contribution is 2.44. The Morgan fingerprint density at radius 2 is 1.61 bits per heavy atom. The molecule has 1 unspecified atom stereocenters. The number of fused-ring (bicyclic) bond motifs is 3. The maximum absolute atomic E-state index is 12.5. The van der Waals surface area contributed by atoms with Gasteiger partial charge in [0.2, 0.25) is 5.91 Å². The third kappa shape index (κ3) is 5.90. The van der Waals surface area contributed by atoms with E-state index in [2.05, 4.69) is 22.8 Å². The van der Waals surface area contributed by atoms with Gasteiger partial charge in [-0.05, 0) is 28.7 Å². The van der Waals surface area contributed by atoms with E-state index < -0.39 is 29.9 Å². The molecule has 2 amide bonds. The number of carbonyl (C=O) groups excluding carboxylic acids is 2. The summed E-state index contributed by atoms with van der Waals surface area (Å²) in [5.74, 6) is -2.35. The van der Waals surface area contributed by atoms with Crippen molar-refractivity contribution in [3.63, 3.8) is 0 Å². The third-order valence-corrected chi connectivity index (χ3v) is 5.88. The number of hydrogen-bond donors (Lipinski definition) is 4. The monoisotopic (exact) mass is 454 g/mol. The van der Waals surface area contributed by atoms with E-state index in [1.54, 1.807) is 0 Å². The molecule has 0 aromatic heterocycles. The number of carboxylic acids is 1. The Morgan fingerprint density at radius 3 is 2.15 bits per heavy atom. The van der Waals surface area contributed by atoms with E-state index in [4.69, 9.17) is 9.84 Å². The molecule has 1 aliphatic rings. The molecule has 3 rings (SSSR count). The normalized spacial score (nSPS) is 14.0.